The van der Waals surface area contributed by atoms with E-state index in [0.717, 1.165) is 55.8 Å². The van der Waals surface area contributed by atoms with Crippen LogP contribution in [0.4, 0.5) is 0 Å². The maximum atomic E-state index is 7.29. The average molecular weight is 1070 g/mol. The van der Waals surface area contributed by atoms with Crippen LogP contribution in [-0.4, -0.2) is 0 Å². The predicted octanol–water partition coefficient (Wildman–Crippen LogP) is 25.2. The van der Waals surface area contributed by atoms with Gasteiger partial charge in [-0.25, -0.2) is 0 Å². The molecule has 0 spiro atoms. The lowest BCUT2D eigenvalue weighted by Crippen LogP contribution is -2.07. The molecule has 0 aliphatic rings. The first kappa shape index (κ1) is 67.8. The van der Waals surface area contributed by atoms with E-state index in [-0.39, 0.29) is 0 Å². The second kappa shape index (κ2) is 48.4. The molecule has 0 saturated carbocycles. The lowest BCUT2D eigenvalue weighted by Gasteiger charge is -2.23. The first-order valence-corrected chi connectivity index (χ1v) is 34.8. The van der Waals surface area contributed by atoms with Gasteiger partial charge in [-0.2, -0.15) is 0 Å². The molecule has 0 saturated heterocycles. The van der Waals surface area contributed by atoms with E-state index in [0.29, 0.717) is 0 Å². The highest BCUT2D eigenvalue weighted by molar-refractivity contribution is 7.43. The summed E-state index contributed by atoms with van der Waals surface area (Å²) in [7, 11) is -1.82. The lowest BCUT2D eigenvalue weighted by atomic mass is 9.99. The van der Waals surface area contributed by atoms with Crippen molar-refractivity contribution in [1.29, 1.82) is 0 Å². The maximum Gasteiger partial charge on any atom is 0.530 e. The minimum atomic E-state index is -1.82. The SMILES string of the molecule is CCCCCCCCCc1ccc(OP(Oc2ccc(CCCCCCCCC)cc2CCCCCCCCC)Oc2ccc(CCCCCCCCC)cc2CCCCCCCCC)c(CCCCCCCCC)c1. The molecule has 4 heteroatoms. The molecule has 0 aliphatic carbocycles. The molecule has 0 bridgehead atoms. The molecular formula is C72H123O3P. The van der Waals surface area contributed by atoms with E-state index in [1.165, 1.54) is 303 Å². The van der Waals surface area contributed by atoms with Crippen LogP contribution in [-0.2, 0) is 38.5 Å². The molecule has 3 aromatic rings. The highest BCUT2D eigenvalue weighted by atomic mass is 31.2. The second-order valence-corrected chi connectivity index (χ2v) is 24.5. The van der Waals surface area contributed by atoms with Crippen LogP contribution < -0.4 is 13.6 Å². The topological polar surface area (TPSA) is 27.7 Å². The Morgan fingerprint density at radius 2 is 0.408 bits per heavy atom. The molecule has 434 valence electrons. The third kappa shape index (κ3) is 33.8. The lowest BCUT2D eigenvalue weighted by molar-refractivity contribution is 0.382. The van der Waals surface area contributed by atoms with E-state index in [4.69, 9.17) is 13.6 Å². The highest BCUT2D eigenvalue weighted by Crippen LogP contribution is 2.46. The Kier molecular flexibility index (Phi) is 43.2. The van der Waals surface area contributed by atoms with Gasteiger partial charge in [0.1, 0.15) is 17.2 Å². The number of unbranched alkanes of at least 4 members (excludes halogenated alkanes) is 36. The molecule has 0 amide bonds. The Bertz CT molecular complexity index is 1570. The van der Waals surface area contributed by atoms with Crippen LogP contribution in [0.15, 0.2) is 54.6 Å². The van der Waals surface area contributed by atoms with Gasteiger partial charge < -0.3 is 13.6 Å². The smallest absolute Gasteiger partial charge is 0.408 e. The fourth-order valence-electron chi connectivity index (χ4n) is 11.2. The normalized spacial score (nSPS) is 11.6. The third-order valence-electron chi connectivity index (χ3n) is 16.2. The zero-order chi connectivity index (χ0) is 54.2. The van der Waals surface area contributed by atoms with Gasteiger partial charge in [0, 0.05) is 0 Å². The standard InChI is InChI=1S/C72H123O3P/c1-7-13-19-25-31-37-43-49-64-55-58-70(67(61-64)52-46-40-34-28-22-16-10-4)73-76(74-71-59-56-65(50-44-38-32-26-20-14-8-2)62-68(71)53-47-41-35-29-23-17-11-5)75-72-60-57-66(51-45-39-33-27-21-15-9-3)63-69(72)54-48-42-36-30-24-18-12-6/h55-63H,7-54H2,1-6H3. The van der Waals surface area contributed by atoms with Crippen molar-refractivity contribution in [3.63, 3.8) is 0 Å². The van der Waals surface area contributed by atoms with Gasteiger partial charge >= 0.3 is 8.60 Å². The molecule has 0 fully saturated rings. The number of hydrogen-bond acceptors (Lipinski definition) is 3. The van der Waals surface area contributed by atoms with Crippen LogP contribution in [0.1, 0.15) is 345 Å². The minimum absolute atomic E-state index is 0.953. The first-order chi connectivity index (χ1) is 37.5. The zero-order valence-electron chi connectivity index (χ0n) is 51.3. The molecule has 3 aromatic carbocycles. The van der Waals surface area contributed by atoms with Crippen molar-refractivity contribution < 1.29 is 13.6 Å². The quantitative estimate of drug-likeness (QED) is 0.0416. The third-order valence-corrected chi connectivity index (χ3v) is 17.3. The number of benzene rings is 3. The Balaban J connectivity index is 2.01. The van der Waals surface area contributed by atoms with Gasteiger partial charge in [-0.1, -0.05) is 309 Å². The summed E-state index contributed by atoms with van der Waals surface area (Å²) < 4.78 is 21.9. The Labute approximate surface area is 474 Å². The summed E-state index contributed by atoms with van der Waals surface area (Å²) in [6, 6.07) is 21.4. The number of rotatable bonds is 54. The van der Waals surface area contributed by atoms with Crippen LogP contribution in [0.3, 0.4) is 0 Å². The van der Waals surface area contributed by atoms with Gasteiger partial charge in [0.05, 0.1) is 0 Å². The molecular weight excluding hydrogens is 944 g/mol. The van der Waals surface area contributed by atoms with Gasteiger partial charge in [-0.3, -0.25) is 0 Å². The molecule has 0 radical (unpaired) electrons. The molecule has 0 N–H and O–H groups in total. The fourth-order valence-corrected chi connectivity index (χ4v) is 12.3. The molecule has 0 aliphatic heterocycles. The molecule has 0 atom stereocenters. The molecule has 0 unspecified atom stereocenters. The Hall–Kier alpha value is -2.51. The Morgan fingerprint density at radius 3 is 0.618 bits per heavy atom. The van der Waals surface area contributed by atoms with Crippen molar-refractivity contribution in [2.75, 3.05) is 0 Å². The van der Waals surface area contributed by atoms with E-state index < -0.39 is 8.60 Å². The summed E-state index contributed by atoms with van der Waals surface area (Å²) in [5.74, 6) is 2.86. The van der Waals surface area contributed by atoms with Gasteiger partial charge in [0.25, 0.3) is 0 Å². The van der Waals surface area contributed by atoms with Crippen molar-refractivity contribution in [3.8, 4) is 17.2 Å². The summed E-state index contributed by atoms with van der Waals surface area (Å²) in [6.07, 6.45) is 62.1. The van der Waals surface area contributed by atoms with Crippen molar-refractivity contribution in [2.24, 2.45) is 0 Å². The van der Waals surface area contributed by atoms with Crippen LogP contribution in [0.25, 0.3) is 0 Å². The van der Waals surface area contributed by atoms with Crippen LogP contribution in [0.5, 0.6) is 17.2 Å². The monoisotopic (exact) mass is 1070 g/mol. The van der Waals surface area contributed by atoms with Crippen LogP contribution in [0.2, 0.25) is 0 Å². The Morgan fingerprint density at radius 1 is 0.224 bits per heavy atom. The van der Waals surface area contributed by atoms with Crippen LogP contribution in [0, 0.1) is 0 Å². The molecule has 0 aromatic heterocycles. The molecule has 0 heterocycles. The van der Waals surface area contributed by atoms with E-state index >= 15 is 0 Å². The summed E-state index contributed by atoms with van der Waals surface area (Å²) in [4.78, 5) is 0. The fraction of sp³-hybridized carbons (Fsp3) is 0.750. The average Bonchev–Trinajstić information content (AvgIpc) is 3.43. The summed E-state index contributed by atoms with van der Waals surface area (Å²) >= 11 is 0. The minimum Gasteiger partial charge on any atom is -0.408 e. The maximum absolute atomic E-state index is 7.29. The van der Waals surface area contributed by atoms with E-state index in [2.05, 4.69) is 96.1 Å². The zero-order valence-corrected chi connectivity index (χ0v) is 52.2. The van der Waals surface area contributed by atoms with Crippen molar-refractivity contribution >= 4 is 8.60 Å². The second-order valence-electron chi connectivity index (χ2n) is 23.6. The van der Waals surface area contributed by atoms with Gasteiger partial charge in [0.15, 0.2) is 0 Å². The number of aryl methyl sites for hydroxylation is 6. The van der Waals surface area contributed by atoms with E-state index in [9.17, 15) is 0 Å². The van der Waals surface area contributed by atoms with Gasteiger partial charge in [-0.05, 0) is 129 Å². The van der Waals surface area contributed by atoms with Crippen molar-refractivity contribution in [3.05, 3.63) is 88.0 Å². The van der Waals surface area contributed by atoms with E-state index in [1.807, 2.05) is 0 Å². The summed E-state index contributed by atoms with van der Waals surface area (Å²) in [6.45, 7) is 13.9. The molecule has 76 heavy (non-hydrogen) atoms. The molecule has 3 nitrogen and oxygen atoms in total. The number of hydrogen-bond donors (Lipinski definition) is 0. The first-order valence-electron chi connectivity index (χ1n) is 33.7. The van der Waals surface area contributed by atoms with Crippen molar-refractivity contribution in [2.45, 2.75) is 350 Å². The molecule has 3 rings (SSSR count). The highest BCUT2D eigenvalue weighted by Gasteiger charge is 2.25. The van der Waals surface area contributed by atoms with Gasteiger partial charge in [-0.15, -0.1) is 0 Å². The summed E-state index contributed by atoms with van der Waals surface area (Å²) in [5, 5.41) is 0. The van der Waals surface area contributed by atoms with Crippen molar-refractivity contribution in [1.82, 2.24) is 0 Å². The summed E-state index contributed by atoms with van der Waals surface area (Å²) in [5.41, 5.74) is 8.34. The van der Waals surface area contributed by atoms with Crippen LogP contribution >= 0.6 is 8.60 Å². The van der Waals surface area contributed by atoms with Gasteiger partial charge in [0.2, 0.25) is 0 Å². The largest absolute Gasteiger partial charge is 0.530 e. The predicted molar refractivity (Wildman–Crippen MR) is 338 cm³/mol. The van der Waals surface area contributed by atoms with E-state index in [1.54, 1.807) is 0 Å².